The van der Waals surface area contributed by atoms with Gasteiger partial charge in [-0.15, -0.1) is 0 Å². The van der Waals surface area contributed by atoms with E-state index in [-0.39, 0.29) is 11.9 Å². The molecule has 2 aromatic rings. The molecular formula is C23H28FN3O4. The number of carbonyl (C=O) groups is 1. The van der Waals surface area contributed by atoms with E-state index in [1.807, 2.05) is 6.07 Å². The highest BCUT2D eigenvalue weighted by Crippen LogP contribution is 2.30. The molecule has 0 radical (unpaired) electrons. The molecule has 0 aliphatic carbocycles. The van der Waals surface area contributed by atoms with Crippen molar-refractivity contribution in [3.63, 3.8) is 0 Å². The number of piperazine rings is 1. The lowest BCUT2D eigenvalue weighted by Crippen LogP contribution is -2.56. The third kappa shape index (κ3) is 5.33. The van der Waals surface area contributed by atoms with E-state index in [9.17, 15) is 14.3 Å². The Morgan fingerprint density at radius 2 is 1.74 bits per heavy atom. The maximum Gasteiger partial charge on any atom is 0.248 e. The number of halogens is 1. The summed E-state index contributed by atoms with van der Waals surface area (Å²) in [4.78, 5) is 15.4. The number of hydrogen-bond acceptors (Lipinski definition) is 6. The summed E-state index contributed by atoms with van der Waals surface area (Å²) in [6.45, 7) is 6.52. The van der Waals surface area contributed by atoms with Crippen molar-refractivity contribution >= 4 is 11.6 Å². The zero-order valence-electron chi connectivity index (χ0n) is 17.4. The van der Waals surface area contributed by atoms with Gasteiger partial charge in [0, 0.05) is 43.9 Å². The largest absolute Gasteiger partial charge is 0.491 e. The first-order valence-corrected chi connectivity index (χ1v) is 10.6. The molecule has 0 bridgehead atoms. The van der Waals surface area contributed by atoms with Gasteiger partial charge < -0.3 is 25.2 Å². The molecule has 8 heteroatoms. The number of rotatable bonds is 3. The fourth-order valence-electron chi connectivity index (χ4n) is 3.96. The third-order valence-corrected chi connectivity index (χ3v) is 5.88. The van der Waals surface area contributed by atoms with E-state index in [1.165, 1.54) is 30.0 Å². The van der Waals surface area contributed by atoms with Crippen molar-refractivity contribution in [3.05, 3.63) is 59.4 Å². The summed E-state index contributed by atoms with van der Waals surface area (Å²) in [6, 6.07) is 12.1. The Kier molecular flexibility index (Phi) is 6.70. The number of fused-ring (bicyclic) bond motifs is 1. The molecule has 1 atom stereocenters. The maximum atomic E-state index is 12.2. The molecule has 2 aromatic carbocycles. The van der Waals surface area contributed by atoms with Crippen molar-refractivity contribution in [1.82, 2.24) is 4.90 Å². The molecule has 2 saturated heterocycles. The van der Waals surface area contributed by atoms with Crippen molar-refractivity contribution in [3.8, 4) is 5.75 Å². The second kappa shape index (κ2) is 9.64. The van der Waals surface area contributed by atoms with Crippen LogP contribution in [0.2, 0.25) is 0 Å². The Hall–Kier alpha value is -2.68. The number of aliphatic hydroxyl groups is 1. The summed E-state index contributed by atoms with van der Waals surface area (Å²) in [7, 11) is 0. The van der Waals surface area contributed by atoms with E-state index in [4.69, 9.17) is 15.2 Å². The van der Waals surface area contributed by atoms with Crippen LogP contribution in [0.4, 0.5) is 10.1 Å². The van der Waals surface area contributed by atoms with Crippen molar-refractivity contribution in [2.75, 3.05) is 50.9 Å². The minimum atomic E-state index is -0.542. The highest BCUT2D eigenvalue weighted by atomic mass is 19.1. The minimum Gasteiger partial charge on any atom is -0.491 e. The fraction of sp³-hybridized carbons (Fsp3) is 0.435. The van der Waals surface area contributed by atoms with Crippen molar-refractivity contribution < 1.29 is 23.8 Å². The molecule has 166 valence electrons. The number of ether oxygens (including phenoxy) is 2. The molecule has 0 spiro atoms. The second-order valence-electron chi connectivity index (χ2n) is 8.05. The molecular weight excluding hydrogens is 401 g/mol. The monoisotopic (exact) mass is 429 g/mol. The van der Waals surface area contributed by atoms with E-state index in [0.29, 0.717) is 24.6 Å². The molecule has 3 N–H and O–H groups in total. The number of carbonyl (C=O) groups excluding carboxylic acids is 1. The maximum absolute atomic E-state index is 12.2. The lowest BCUT2D eigenvalue weighted by Gasteiger charge is -2.43. The van der Waals surface area contributed by atoms with Gasteiger partial charge in [0.15, 0.2) is 0 Å². The van der Waals surface area contributed by atoms with Gasteiger partial charge in [0.25, 0.3) is 0 Å². The number of nitrogens with zero attached hydrogens (tertiary/aromatic N) is 2. The van der Waals surface area contributed by atoms with Gasteiger partial charge in [-0.1, -0.05) is 0 Å². The first kappa shape index (κ1) is 21.5. The summed E-state index contributed by atoms with van der Waals surface area (Å²) >= 11 is 0. The van der Waals surface area contributed by atoms with Crippen LogP contribution < -0.4 is 15.4 Å². The predicted octanol–water partition coefficient (Wildman–Crippen LogP) is 1.43. The number of anilines is 1. The zero-order chi connectivity index (χ0) is 21.8. The predicted molar refractivity (Wildman–Crippen MR) is 115 cm³/mol. The number of nitrogens with two attached hydrogens (primary N) is 1. The van der Waals surface area contributed by atoms with Crippen molar-refractivity contribution in [2.45, 2.75) is 18.6 Å². The molecule has 1 amide bonds. The van der Waals surface area contributed by atoms with Gasteiger partial charge in [-0.3, -0.25) is 9.69 Å². The molecule has 3 aliphatic heterocycles. The number of amides is 1. The smallest absolute Gasteiger partial charge is 0.248 e. The highest BCUT2D eigenvalue weighted by Gasteiger charge is 2.29. The number of hydrogen-bond donors (Lipinski definition) is 2. The van der Waals surface area contributed by atoms with Crippen LogP contribution in [0.3, 0.4) is 0 Å². The number of benzene rings is 2. The molecule has 2 fully saturated rings. The standard InChI is InChI=1S/C16H22N2O3.C7H6FNO/c19-15-8-12-7-13(1-2-16(12)21-11-15)17-3-5-18(6-4-17)14-9-20-10-14;8-6-3-1-5(2-4-6)7(9)10/h1-2,7,14-15,19H,3-6,8-11H2;1-4H,(H2,9,10)/t15-;/m1./s1. The molecule has 5 rings (SSSR count). The zero-order valence-corrected chi connectivity index (χ0v) is 17.4. The van der Waals surface area contributed by atoms with E-state index in [2.05, 4.69) is 21.9 Å². The Labute approximate surface area is 181 Å². The minimum absolute atomic E-state index is 0.321. The Morgan fingerprint density at radius 1 is 1.03 bits per heavy atom. The SMILES string of the molecule is NC(=O)c1ccc(F)cc1.O[C@H]1COc2ccc(N3CCN(C4COC4)CC3)cc2C1. The van der Waals surface area contributed by atoms with Crippen LogP contribution in [0.25, 0.3) is 0 Å². The summed E-state index contributed by atoms with van der Waals surface area (Å²) in [5, 5.41) is 9.73. The third-order valence-electron chi connectivity index (χ3n) is 5.88. The van der Waals surface area contributed by atoms with E-state index in [0.717, 1.165) is 50.7 Å². The molecule has 0 saturated carbocycles. The van der Waals surface area contributed by atoms with Gasteiger partial charge in [-0.25, -0.2) is 4.39 Å². The molecule has 3 heterocycles. The topological polar surface area (TPSA) is 88.3 Å². The molecule has 7 nitrogen and oxygen atoms in total. The Balaban J connectivity index is 0.000000196. The van der Waals surface area contributed by atoms with Crippen molar-refractivity contribution in [2.24, 2.45) is 5.73 Å². The van der Waals surface area contributed by atoms with Gasteiger partial charge in [0.2, 0.25) is 5.91 Å². The van der Waals surface area contributed by atoms with E-state index < -0.39 is 5.91 Å². The van der Waals surface area contributed by atoms with Crippen LogP contribution in [0.1, 0.15) is 15.9 Å². The summed E-state index contributed by atoms with van der Waals surface area (Å²) in [5.41, 5.74) is 7.60. The van der Waals surface area contributed by atoms with Gasteiger partial charge in [-0.2, -0.15) is 0 Å². The summed E-state index contributed by atoms with van der Waals surface area (Å²) < 4.78 is 23.0. The normalized spacial score (nSPS) is 21.2. The van der Waals surface area contributed by atoms with Crippen LogP contribution >= 0.6 is 0 Å². The Morgan fingerprint density at radius 3 is 2.35 bits per heavy atom. The number of primary amides is 1. The number of aliphatic hydroxyl groups excluding tert-OH is 1. The molecule has 3 aliphatic rings. The quantitative estimate of drug-likeness (QED) is 0.768. The van der Waals surface area contributed by atoms with E-state index in [1.54, 1.807) is 0 Å². The van der Waals surface area contributed by atoms with Crippen molar-refractivity contribution in [1.29, 1.82) is 0 Å². The highest BCUT2D eigenvalue weighted by molar-refractivity contribution is 5.92. The van der Waals surface area contributed by atoms with Crippen LogP contribution in [-0.2, 0) is 11.2 Å². The second-order valence-corrected chi connectivity index (χ2v) is 8.05. The van der Waals surface area contributed by atoms with Gasteiger partial charge in [0.05, 0.1) is 25.4 Å². The lowest BCUT2D eigenvalue weighted by atomic mass is 10.0. The fourth-order valence-corrected chi connectivity index (χ4v) is 3.96. The van der Waals surface area contributed by atoms with Crippen LogP contribution in [0.15, 0.2) is 42.5 Å². The average Bonchev–Trinajstić information content (AvgIpc) is 2.73. The van der Waals surface area contributed by atoms with Gasteiger partial charge in [0.1, 0.15) is 18.2 Å². The van der Waals surface area contributed by atoms with E-state index >= 15 is 0 Å². The molecule has 0 unspecified atom stereocenters. The molecule has 31 heavy (non-hydrogen) atoms. The van der Waals surface area contributed by atoms with Crippen LogP contribution in [-0.4, -0.2) is 74.1 Å². The van der Waals surface area contributed by atoms with Gasteiger partial charge in [-0.05, 0) is 48.0 Å². The Bertz CT molecular complexity index is 896. The lowest BCUT2D eigenvalue weighted by molar-refractivity contribution is -0.0660. The van der Waals surface area contributed by atoms with Crippen LogP contribution in [0, 0.1) is 5.82 Å². The van der Waals surface area contributed by atoms with Crippen LogP contribution in [0.5, 0.6) is 5.75 Å². The first-order chi connectivity index (χ1) is 15.0. The van der Waals surface area contributed by atoms with Gasteiger partial charge >= 0.3 is 0 Å². The first-order valence-electron chi connectivity index (χ1n) is 10.6. The summed E-state index contributed by atoms with van der Waals surface area (Å²) in [6.07, 6.45) is 0.325. The molecule has 0 aromatic heterocycles. The average molecular weight is 429 g/mol. The summed E-state index contributed by atoms with van der Waals surface area (Å²) in [5.74, 6) is 0.0132.